The molecule has 1 aliphatic heterocycles. The van der Waals surface area contributed by atoms with Gasteiger partial charge >= 0.3 is 0 Å². The lowest BCUT2D eigenvalue weighted by atomic mass is 10.0. The van der Waals surface area contributed by atoms with E-state index in [1.807, 2.05) is 24.3 Å². The Balaban J connectivity index is 1.74. The van der Waals surface area contributed by atoms with Gasteiger partial charge in [-0.1, -0.05) is 12.1 Å². The summed E-state index contributed by atoms with van der Waals surface area (Å²) in [5.74, 6) is 1.64. The Morgan fingerprint density at radius 2 is 2.40 bits per heavy atom. The number of hydrogen-bond donors (Lipinski definition) is 1. The number of ether oxygens (including phenoxy) is 2. The zero-order valence-corrected chi connectivity index (χ0v) is 14.5. The number of rotatable bonds is 7. The van der Waals surface area contributed by atoms with Crippen LogP contribution in [0.2, 0.25) is 0 Å². The van der Waals surface area contributed by atoms with E-state index in [4.69, 9.17) is 9.47 Å². The average molecular weight is 345 g/mol. The van der Waals surface area contributed by atoms with Crippen LogP contribution in [0.15, 0.2) is 24.3 Å². The van der Waals surface area contributed by atoms with Gasteiger partial charge in [0, 0.05) is 25.5 Å². The van der Waals surface area contributed by atoms with Gasteiger partial charge in [-0.2, -0.15) is 0 Å². The Kier molecular flexibility index (Phi) is 5.60. The predicted molar refractivity (Wildman–Crippen MR) is 90.2 cm³/mol. The molecule has 1 aliphatic rings. The monoisotopic (exact) mass is 345 g/mol. The molecule has 2 atom stereocenters. The first-order valence-electron chi connectivity index (χ1n) is 8.40. The minimum atomic E-state index is -0.510. The van der Waals surface area contributed by atoms with Crippen molar-refractivity contribution in [1.82, 2.24) is 25.5 Å². The molecule has 0 spiro atoms. The minimum absolute atomic E-state index is 0.0925. The molecule has 2 unspecified atom stereocenters. The third-order valence-corrected chi connectivity index (χ3v) is 4.41. The van der Waals surface area contributed by atoms with Crippen LogP contribution in [0, 0.1) is 12.8 Å². The molecule has 1 saturated heterocycles. The van der Waals surface area contributed by atoms with Crippen LogP contribution in [-0.2, 0) is 16.0 Å². The fourth-order valence-corrected chi connectivity index (χ4v) is 2.95. The van der Waals surface area contributed by atoms with Crippen LogP contribution in [0.3, 0.4) is 0 Å². The van der Waals surface area contributed by atoms with Gasteiger partial charge in [-0.15, -0.1) is 5.10 Å². The number of benzene rings is 1. The smallest absolute Gasteiger partial charge is 0.245 e. The quantitative estimate of drug-likeness (QED) is 0.803. The number of aromatic nitrogens is 4. The summed E-state index contributed by atoms with van der Waals surface area (Å²) in [6, 6.07) is 7.16. The van der Waals surface area contributed by atoms with Gasteiger partial charge in [0.05, 0.1) is 13.7 Å². The summed E-state index contributed by atoms with van der Waals surface area (Å²) in [6.07, 6.45) is 1.46. The molecule has 0 saturated carbocycles. The molecule has 2 heterocycles. The number of methoxy groups -OCH3 is 1. The van der Waals surface area contributed by atoms with E-state index in [1.54, 1.807) is 18.7 Å². The van der Waals surface area contributed by atoms with E-state index in [1.165, 1.54) is 0 Å². The third kappa shape index (κ3) is 4.33. The normalized spacial score (nSPS) is 18.1. The Labute approximate surface area is 146 Å². The first-order valence-corrected chi connectivity index (χ1v) is 8.40. The van der Waals surface area contributed by atoms with Gasteiger partial charge in [-0.3, -0.25) is 4.79 Å². The fourth-order valence-electron chi connectivity index (χ4n) is 2.95. The van der Waals surface area contributed by atoms with Gasteiger partial charge in [0.1, 0.15) is 17.6 Å². The van der Waals surface area contributed by atoms with Crippen molar-refractivity contribution >= 4 is 5.91 Å². The molecular formula is C17H23N5O3. The largest absolute Gasteiger partial charge is 0.497 e. The molecule has 0 aliphatic carbocycles. The Hall–Kier alpha value is -2.48. The molecule has 8 nitrogen and oxygen atoms in total. The summed E-state index contributed by atoms with van der Waals surface area (Å²) in [5, 5.41) is 14.6. The van der Waals surface area contributed by atoms with Gasteiger partial charge in [0.15, 0.2) is 0 Å². The summed E-state index contributed by atoms with van der Waals surface area (Å²) in [5.41, 5.74) is 0.985. The SMILES string of the molecule is COc1cccc(CC(C(=O)NCC2CCOC2)n2nnnc2C)c1. The lowest BCUT2D eigenvalue weighted by molar-refractivity contribution is -0.124. The fraction of sp³-hybridized carbons (Fsp3) is 0.529. The summed E-state index contributed by atoms with van der Waals surface area (Å²) in [4.78, 5) is 12.8. The maximum absolute atomic E-state index is 12.8. The standard InChI is InChI=1S/C17H23N5O3/c1-12-19-20-21-22(12)16(9-13-4-3-5-15(8-13)24-2)17(23)18-10-14-6-7-25-11-14/h3-5,8,14,16H,6-7,9-11H2,1-2H3,(H,18,23). The minimum Gasteiger partial charge on any atom is -0.497 e. The molecule has 0 radical (unpaired) electrons. The topological polar surface area (TPSA) is 91.2 Å². The first-order chi connectivity index (χ1) is 12.2. The predicted octanol–water partition coefficient (Wildman–Crippen LogP) is 0.927. The van der Waals surface area contributed by atoms with Crippen molar-refractivity contribution in [3.05, 3.63) is 35.7 Å². The molecule has 134 valence electrons. The van der Waals surface area contributed by atoms with E-state index < -0.39 is 6.04 Å². The van der Waals surface area contributed by atoms with Crippen molar-refractivity contribution in [2.75, 3.05) is 26.9 Å². The van der Waals surface area contributed by atoms with Crippen LogP contribution in [0.5, 0.6) is 5.75 Å². The zero-order valence-electron chi connectivity index (χ0n) is 14.5. The van der Waals surface area contributed by atoms with E-state index in [0.717, 1.165) is 24.3 Å². The average Bonchev–Trinajstić information content (AvgIpc) is 3.29. The van der Waals surface area contributed by atoms with E-state index in [9.17, 15) is 4.79 Å². The summed E-state index contributed by atoms with van der Waals surface area (Å²) >= 11 is 0. The van der Waals surface area contributed by atoms with E-state index >= 15 is 0 Å². The molecule has 1 aromatic heterocycles. The Bertz CT molecular complexity index is 712. The van der Waals surface area contributed by atoms with Crippen LogP contribution >= 0.6 is 0 Å². The Morgan fingerprint density at radius 3 is 3.08 bits per heavy atom. The highest BCUT2D eigenvalue weighted by atomic mass is 16.5. The third-order valence-electron chi connectivity index (χ3n) is 4.41. The summed E-state index contributed by atoms with van der Waals surface area (Å²) in [6.45, 7) is 3.86. The van der Waals surface area contributed by atoms with E-state index in [2.05, 4.69) is 20.8 Å². The van der Waals surface area contributed by atoms with Gasteiger partial charge < -0.3 is 14.8 Å². The molecular weight excluding hydrogens is 322 g/mol. The maximum Gasteiger partial charge on any atom is 0.245 e. The van der Waals surface area contributed by atoms with Gasteiger partial charge in [0.2, 0.25) is 5.91 Å². The first kappa shape index (κ1) is 17.3. The molecule has 25 heavy (non-hydrogen) atoms. The van der Waals surface area contributed by atoms with Crippen LogP contribution in [0.4, 0.5) is 0 Å². The summed E-state index contributed by atoms with van der Waals surface area (Å²) < 4.78 is 12.2. The molecule has 0 bridgehead atoms. The van der Waals surface area contributed by atoms with Gasteiger partial charge in [0.25, 0.3) is 0 Å². The number of tetrazole rings is 1. The highest BCUT2D eigenvalue weighted by Gasteiger charge is 2.25. The second kappa shape index (κ2) is 8.06. The molecule has 1 amide bonds. The number of nitrogens with one attached hydrogen (secondary N) is 1. The molecule has 1 N–H and O–H groups in total. The summed E-state index contributed by atoms with van der Waals surface area (Å²) in [7, 11) is 1.62. The molecule has 3 rings (SSSR count). The van der Waals surface area contributed by atoms with Crippen molar-refractivity contribution in [1.29, 1.82) is 0 Å². The highest BCUT2D eigenvalue weighted by Crippen LogP contribution is 2.20. The number of aryl methyl sites for hydroxylation is 1. The molecule has 8 heteroatoms. The number of carbonyl (C=O) groups is 1. The van der Waals surface area contributed by atoms with Crippen molar-refractivity contribution in [3.8, 4) is 5.75 Å². The number of hydrogen-bond acceptors (Lipinski definition) is 6. The molecule has 2 aromatic rings. The second-order valence-corrected chi connectivity index (χ2v) is 6.22. The molecule has 1 aromatic carbocycles. The second-order valence-electron chi connectivity index (χ2n) is 6.22. The van der Waals surface area contributed by atoms with E-state index in [0.29, 0.717) is 31.3 Å². The lowest BCUT2D eigenvalue weighted by Crippen LogP contribution is -2.37. The lowest BCUT2D eigenvalue weighted by Gasteiger charge is -2.19. The van der Waals surface area contributed by atoms with Crippen molar-refractivity contribution < 1.29 is 14.3 Å². The zero-order chi connectivity index (χ0) is 17.6. The van der Waals surface area contributed by atoms with Crippen molar-refractivity contribution in [3.63, 3.8) is 0 Å². The molecule has 1 fully saturated rings. The van der Waals surface area contributed by atoms with E-state index in [-0.39, 0.29) is 5.91 Å². The number of carbonyl (C=O) groups excluding carboxylic acids is 1. The van der Waals surface area contributed by atoms with Crippen LogP contribution < -0.4 is 10.1 Å². The van der Waals surface area contributed by atoms with Crippen LogP contribution in [0.1, 0.15) is 23.9 Å². The van der Waals surface area contributed by atoms with Crippen LogP contribution in [-0.4, -0.2) is 53.0 Å². The van der Waals surface area contributed by atoms with Crippen molar-refractivity contribution in [2.45, 2.75) is 25.8 Å². The number of nitrogens with zero attached hydrogens (tertiary/aromatic N) is 4. The van der Waals surface area contributed by atoms with Gasteiger partial charge in [-0.05, 0) is 41.5 Å². The Morgan fingerprint density at radius 1 is 1.52 bits per heavy atom. The van der Waals surface area contributed by atoms with Crippen molar-refractivity contribution in [2.24, 2.45) is 5.92 Å². The highest BCUT2D eigenvalue weighted by molar-refractivity contribution is 5.80. The van der Waals surface area contributed by atoms with Gasteiger partial charge in [-0.25, -0.2) is 4.68 Å². The number of amides is 1. The van der Waals surface area contributed by atoms with Crippen LogP contribution in [0.25, 0.3) is 0 Å². The maximum atomic E-state index is 12.8.